The van der Waals surface area contributed by atoms with Crippen molar-refractivity contribution in [1.82, 2.24) is 20.3 Å². The van der Waals surface area contributed by atoms with E-state index in [0.29, 0.717) is 0 Å². The minimum Gasteiger partial charge on any atom is -0.343 e. The standard InChI is InChI=1S/C22H20N4OS/c27-21(14-26-19-8-2-1-7-18(19)24-25-26)23-22(20-9-4-12-28-20)17-11-10-15-5-3-6-16(15)13-17/h1-2,4,7-13,22H,3,5-6,14H2,(H,23,27)/t22-/m0/s1. The van der Waals surface area contributed by atoms with Crippen LogP contribution in [0.2, 0.25) is 0 Å². The molecular weight excluding hydrogens is 368 g/mol. The molecule has 1 aliphatic rings. The average Bonchev–Trinajstić information content (AvgIpc) is 3.47. The molecule has 1 atom stereocenters. The van der Waals surface area contributed by atoms with Crippen LogP contribution in [0.3, 0.4) is 0 Å². The van der Waals surface area contributed by atoms with E-state index < -0.39 is 0 Å². The maximum atomic E-state index is 12.9. The minimum atomic E-state index is -0.145. The van der Waals surface area contributed by atoms with Crippen molar-refractivity contribution in [3.8, 4) is 0 Å². The summed E-state index contributed by atoms with van der Waals surface area (Å²) >= 11 is 1.66. The second-order valence-corrected chi connectivity index (χ2v) is 8.11. The molecule has 4 aromatic rings. The van der Waals surface area contributed by atoms with E-state index in [1.807, 2.05) is 35.7 Å². The van der Waals surface area contributed by atoms with Crippen molar-refractivity contribution in [3.05, 3.63) is 81.5 Å². The summed E-state index contributed by atoms with van der Waals surface area (Å²) in [4.78, 5) is 14.0. The summed E-state index contributed by atoms with van der Waals surface area (Å²) in [5, 5.41) is 13.5. The van der Waals surface area contributed by atoms with Gasteiger partial charge in [-0.25, -0.2) is 4.68 Å². The highest BCUT2D eigenvalue weighted by atomic mass is 32.1. The van der Waals surface area contributed by atoms with E-state index in [0.717, 1.165) is 34.3 Å². The van der Waals surface area contributed by atoms with Gasteiger partial charge >= 0.3 is 0 Å². The lowest BCUT2D eigenvalue weighted by Crippen LogP contribution is -2.32. The largest absolute Gasteiger partial charge is 0.343 e. The van der Waals surface area contributed by atoms with Gasteiger partial charge in [0.25, 0.3) is 0 Å². The predicted octanol–water partition coefficient (Wildman–Crippen LogP) is 3.89. The number of thiophene rings is 1. The van der Waals surface area contributed by atoms with Crippen molar-refractivity contribution in [1.29, 1.82) is 0 Å². The summed E-state index contributed by atoms with van der Waals surface area (Å²) in [5.41, 5.74) is 5.65. The molecule has 0 unspecified atom stereocenters. The van der Waals surface area contributed by atoms with Crippen molar-refractivity contribution in [2.24, 2.45) is 0 Å². The van der Waals surface area contributed by atoms with Crippen molar-refractivity contribution in [3.63, 3.8) is 0 Å². The van der Waals surface area contributed by atoms with E-state index in [2.05, 4.69) is 39.9 Å². The molecule has 2 aromatic carbocycles. The number of para-hydroxylation sites is 1. The van der Waals surface area contributed by atoms with Gasteiger partial charge in [0.05, 0.1) is 11.6 Å². The third-order valence-electron chi connectivity index (χ3n) is 5.30. The number of amides is 1. The van der Waals surface area contributed by atoms with Gasteiger partial charge in [0.2, 0.25) is 5.91 Å². The van der Waals surface area contributed by atoms with Crippen molar-refractivity contribution < 1.29 is 4.79 Å². The van der Waals surface area contributed by atoms with Crippen molar-refractivity contribution >= 4 is 28.3 Å². The molecule has 0 bridgehead atoms. The monoisotopic (exact) mass is 388 g/mol. The van der Waals surface area contributed by atoms with Crippen LogP contribution in [0.1, 0.15) is 34.0 Å². The fourth-order valence-corrected chi connectivity index (χ4v) is 4.72. The number of nitrogens with one attached hydrogen (secondary N) is 1. The van der Waals surface area contributed by atoms with Gasteiger partial charge in [0, 0.05) is 4.88 Å². The van der Waals surface area contributed by atoms with Crippen LogP contribution < -0.4 is 5.32 Å². The molecule has 0 radical (unpaired) electrons. The molecule has 0 spiro atoms. The smallest absolute Gasteiger partial charge is 0.242 e. The Kier molecular flexibility index (Phi) is 4.41. The SMILES string of the molecule is O=C(Cn1nnc2ccccc21)N[C@@H](c1ccc2c(c1)CCC2)c1cccs1. The first-order chi connectivity index (χ1) is 13.8. The molecule has 2 heterocycles. The van der Waals surface area contributed by atoms with E-state index in [9.17, 15) is 4.79 Å². The average molecular weight is 388 g/mol. The van der Waals surface area contributed by atoms with Crippen LogP contribution in [0, 0.1) is 0 Å². The van der Waals surface area contributed by atoms with Gasteiger partial charge in [-0.15, -0.1) is 16.4 Å². The number of aromatic nitrogens is 3. The van der Waals surface area contributed by atoms with Gasteiger partial charge < -0.3 is 5.32 Å². The Morgan fingerprint density at radius 1 is 1.11 bits per heavy atom. The van der Waals surface area contributed by atoms with Gasteiger partial charge in [-0.3, -0.25) is 4.79 Å². The maximum Gasteiger partial charge on any atom is 0.242 e. The summed E-state index contributed by atoms with van der Waals surface area (Å²) in [6, 6.07) is 18.3. The number of hydrogen-bond donors (Lipinski definition) is 1. The second kappa shape index (κ2) is 7.20. The highest BCUT2D eigenvalue weighted by molar-refractivity contribution is 7.10. The van der Waals surface area contributed by atoms with Crippen molar-refractivity contribution in [2.75, 3.05) is 0 Å². The van der Waals surface area contributed by atoms with E-state index in [1.165, 1.54) is 17.5 Å². The molecule has 0 saturated carbocycles. The number of rotatable bonds is 5. The van der Waals surface area contributed by atoms with Gasteiger partial charge in [-0.05, 0) is 59.5 Å². The molecule has 1 aliphatic carbocycles. The van der Waals surface area contributed by atoms with Crippen LogP contribution >= 0.6 is 11.3 Å². The van der Waals surface area contributed by atoms with Crippen LogP contribution in [-0.2, 0) is 24.2 Å². The van der Waals surface area contributed by atoms with E-state index in [1.54, 1.807) is 16.0 Å². The van der Waals surface area contributed by atoms with Crippen LogP contribution in [0.25, 0.3) is 11.0 Å². The summed E-state index contributed by atoms with van der Waals surface area (Å²) in [6.45, 7) is 0.146. The van der Waals surface area contributed by atoms with Crippen LogP contribution in [-0.4, -0.2) is 20.9 Å². The normalized spacial score (nSPS) is 14.1. The van der Waals surface area contributed by atoms with E-state index in [4.69, 9.17) is 0 Å². The number of carbonyl (C=O) groups excluding carboxylic acids is 1. The second-order valence-electron chi connectivity index (χ2n) is 7.13. The minimum absolute atomic E-state index is 0.0745. The molecule has 0 saturated heterocycles. The zero-order valence-corrected chi connectivity index (χ0v) is 16.2. The van der Waals surface area contributed by atoms with Crippen LogP contribution in [0.15, 0.2) is 60.0 Å². The predicted molar refractivity (Wildman–Crippen MR) is 110 cm³/mol. The van der Waals surface area contributed by atoms with Gasteiger partial charge in [0.1, 0.15) is 12.1 Å². The van der Waals surface area contributed by atoms with E-state index >= 15 is 0 Å². The van der Waals surface area contributed by atoms with E-state index in [-0.39, 0.29) is 18.5 Å². The zero-order chi connectivity index (χ0) is 18.9. The number of nitrogens with zero attached hydrogens (tertiary/aromatic N) is 3. The third-order valence-corrected chi connectivity index (χ3v) is 6.24. The molecule has 28 heavy (non-hydrogen) atoms. The lowest BCUT2D eigenvalue weighted by Gasteiger charge is -2.19. The first-order valence-electron chi connectivity index (χ1n) is 9.50. The molecule has 2 aromatic heterocycles. The quantitative estimate of drug-likeness (QED) is 0.564. The maximum absolute atomic E-state index is 12.9. The number of benzene rings is 2. The third kappa shape index (κ3) is 3.20. The fraction of sp³-hybridized carbons (Fsp3) is 0.227. The number of hydrogen-bond acceptors (Lipinski definition) is 4. The van der Waals surface area contributed by atoms with Crippen LogP contribution in [0.4, 0.5) is 0 Å². The molecule has 0 fully saturated rings. The summed E-state index contributed by atoms with van der Waals surface area (Å²) in [5.74, 6) is -0.0745. The molecule has 1 N–H and O–H groups in total. The zero-order valence-electron chi connectivity index (χ0n) is 15.3. The van der Waals surface area contributed by atoms with Gasteiger partial charge in [-0.2, -0.15) is 0 Å². The Morgan fingerprint density at radius 3 is 2.89 bits per heavy atom. The fourth-order valence-electron chi connectivity index (χ4n) is 3.92. The highest BCUT2D eigenvalue weighted by Crippen LogP contribution is 2.30. The molecule has 1 amide bonds. The Balaban J connectivity index is 1.41. The van der Waals surface area contributed by atoms with Crippen LogP contribution in [0.5, 0.6) is 0 Å². The first-order valence-corrected chi connectivity index (χ1v) is 10.4. The number of aryl methyl sites for hydroxylation is 2. The molecule has 5 rings (SSSR count). The van der Waals surface area contributed by atoms with Crippen molar-refractivity contribution in [2.45, 2.75) is 31.8 Å². The highest BCUT2D eigenvalue weighted by Gasteiger charge is 2.21. The lowest BCUT2D eigenvalue weighted by atomic mass is 10.00. The van der Waals surface area contributed by atoms with Gasteiger partial charge in [-0.1, -0.05) is 41.6 Å². The Labute approximate surface area is 167 Å². The lowest BCUT2D eigenvalue weighted by molar-refractivity contribution is -0.122. The Bertz CT molecular complexity index is 1130. The molecule has 5 nitrogen and oxygen atoms in total. The number of carbonyl (C=O) groups is 1. The summed E-state index contributed by atoms with van der Waals surface area (Å²) in [7, 11) is 0. The molecule has 140 valence electrons. The number of fused-ring (bicyclic) bond motifs is 2. The Hall–Kier alpha value is -2.99. The topological polar surface area (TPSA) is 59.8 Å². The first kappa shape index (κ1) is 17.1. The summed E-state index contributed by atoms with van der Waals surface area (Å²) < 4.78 is 1.65. The molecular formula is C22H20N4OS. The Morgan fingerprint density at radius 2 is 2.00 bits per heavy atom. The molecule has 6 heteroatoms. The van der Waals surface area contributed by atoms with Gasteiger partial charge in [0.15, 0.2) is 0 Å². The molecule has 0 aliphatic heterocycles. The summed E-state index contributed by atoms with van der Waals surface area (Å²) in [6.07, 6.45) is 3.50.